The van der Waals surface area contributed by atoms with E-state index in [2.05, 4.69) is 29.6 Å². The van der Waals surface area contributed by atoms with Gasteiger partial charge in [-0.3, -0.25) is 0 Å². The van der Waals surface area contributed by atoms with E-state index >= 15 is 0 Å². The largest absolute Gasteiger partial charge is 0.396 e. The smallest absolute Gasteiger partial charge is 0.0474 e. The van der Waals surface area contributed by atoms with E-state index in [1.165, 1.54) is 31.2 Å². The Bertz CT molecular complexity index is 299. The Kier molecular flexibility index (Phi) is 4.37. The van der Waals surface area contributed by atoms with E-state index in [4.69, 9.17) is 0 Å². The van der Waals surface area contributed by atoms with Crippen molar-refractivity contribution in [3.63, 3.8) is 0 Å². The van der Waals surface area contributed by atoms with Crippen LogP contribution in [0.4, 0.5) is 0 Å². The molecule has 16 heavy (non-hydrogen) atoms. The fourth-order valence-electron chi connectivity index (χ4n) is 2.54. The molecule has 0 radical (unpaired) electrons. The Labute approximate surface area is 97.7 Å². The molecule has 1 aromatic rings. The summed E-state index contributed by atoms with van der Waals surface area (Å²) in [5, 5.41) is 12.9. The zero-order valence-electron chi connectivity index (χ0n) is 9.73. The van der Waals surface area contributed by atoms with Crippen LogP contribution >= 0.6 is 0 Å². The van der Waals surface area contributed by atoms with Gasteiger partial charge in [0, 0.05) is 19.2 Å². The summed E-state index contributed by atoms with van der Waals surface area (Å²) in [4.78, 5) is 0. The summed E-state index contributed by atoms with van der Waals surface area (Å²) in [7, 11) is 0. The van der Waals surface area contributed by atoms with Crippen molar-refractivity contribution >= 4 is 0 Å². The lowest BCUT2D eigenvalue weighted by Crippen LogP contribution is -2.39. The molecule has 1 aliphatic rings. The maximum Gasteiger partial charge on any atom is 0.0474 e. The first kappa shape index (κ1) is 11.6. The van der Waals surface area contributed by atoms with E-state index in [-0.39, 0.29) is 0 Å². The number of aliphatic hydroxyl groups is 1. The van der Waals surface area contributed by atoms with Crippen LogP contribution in [0.3, 0.4) is 0 Å². The molecule has 1 aromatic carbocycles. The molecule has 0 amide bonds. The molecule has 2 rings (SSSR count). The highest BCUT2D eigenvalue weighted by Gasteiger charge is 2.23. The molecule has 1 saturated carbocycles. The average molecular weight is 219 g/mol. The Balaban J connectivity index is 1.84. The Morgan fingerprint density at radius 1 is 1.12 bits per heavy atom. The van der Waals surface area contributed by atoms with Gasteiger partial charge in [0.1, 0.15) is 0 Å². The SMILES string of the molecule is OC[C@@H]1CCCC[C@@H]1NCc1ccccc1. The van der Waals surface area contributed by atoms with Crippen LogP contribution in [0.5, 0.6) is 0 Å². The number of rotatable bonds is 4. The highest BCUT2D eigenvalue weighted by Crippen LogP contribution is 2.24. The van der Waals surface area contributed by atoms with E-state index in [1.807, 2.05) is 6.07 Å². The third-order valence-electron chi connectivity index (χ3n) is 3.55. The van der Waals surface area contributed by atoms with Gasteiger partial charge >= 0.3 is 0 Å². The standard InChI is InChI=1S/C14H21NO/c16-11-13-8-4-5-9-14(13)15-10-12-6-2-1-3-7-12/h1-3,6-7,13-16H,4-5,8-11H2/t13-,14-/m0/s1. The molecular formula is C14H21NO. The number of benzene rings is 1. The zero-order valence-corrected chi connectivity index (χ0v) is 9.73. The molecule has 2 heteroatoms. The van der Waals surface area contributed by atoms with Gasteiger partial charge in [0.05, 0.1) is 0 Å². The van der Waals surface area contributed by atoms with Gasteiger partial charge in [-0.2, -0.15) is 0 Å². The molecule has 0 unspecified atom stereocenters. The van der Waals surface area contributed by atoms with Crippen LogP contribution in [-0.2, 0) is 6.54 Å². The van der Waals surface area contributed by atoms with Crippen molar-refractivity contribution in [3.05, 3.63) is 35.9 Å². The lowest BCUT2D eigenvalue weighted by Gasteiger charge is -2.31. The second-order valence-corrected chi connectivity index (χ2v) is 4.70. The number of aliphatic hydroxyl groups excluding tert-OH is 1. The summed E-state index contributed by atoms with van der Waals surface area (Å²) in [6.45, 7) is 1.24. The van der Waals surface area contributed by atoms with E-state index < -0.39 is 0 Å². The van der Waals surface area contributed by atoms with Crippen LogP contribution in [0.2, 0.25) is 0 Å². The first-order chi connectivity index (χ1) is 7.90. The van der Waals surface area contributed by atoms with Crippen LogP contribution in [0, 0.1) is 5.92 Å². The monoisotopic (exact) mass is 219 g/mol. The van der Waals surface area contributed by atoms with Crippen molar-refractivity contribution in [3.8, 4) is 0 Å². The van der Waals surface area contributed by atoms with Gasteiger partial charge in [-0.05, 0) is 24.3 Å². The minimum atomic E-state index is 0.326. The van der Waals surface area contributed by atoms with Crippen LogP contribution in [0.15, 0.2) is 30.3 Å². The van der Waals surface area contributed by atoms with E-state index in [0.29, 0.717) is 18.6 Å². The molecule has 0 heterocycles. The second-order valence-electron chi connectivity index (χ2n) is 4.70. The molecule has 2 N–H and O–H groups in total. The highest BCUT2D eigenvalue weighted by atomic mass is 16.3. The maximum atomic E-state index is 9.32. The van der Waals surface area contributed by atoms with Crippen molar-refractivity contribution in [1.29, 1.82) is 0 Å². The fraction of sp³-hybridized carbons (Fsp3) is 0.571. The van der Waals surface area contributed by atoms with Gasteiger partial charge in [0.25, 0.3) is 0 Å². The molecule has 0 aliphatic heterocycles. The van der Waals surface area contributed by atoms with Gasteiger partial charge < -0.3 is 10.4 Å². The number of hydrogen-bond acceptors (Lipinski definition) is 2. The number of nitrogens with one attached hydrogen (secondary N) is 1. The minimum absolute atomic E-state index is 0.326. The fourth-order valence-corrected chi connectivity index (χ4v) is 2.54. The summed E-state index contributed by atoms with van der Waals surface area (Å²) in [5.74, 6) is 0.456. The van der Waals surface area contributed by atoms with Crippen molar-refractivity contribution in [1.82, 2.24) is 5.32 Å². The zero-order chi connectivity index (χ0) is 11.2. The first-order valence-electron chi connectivity index (χ1n) is 6.28. The molecule has 2 atom stereocenters. The summed E-state index contributed by atoms with van der Waals surface area (Å²) in [5.41, 5.74) is 1.32. The number of hydrogen-bond donors (Lipinski definition) is 2. The van der Waals surface area contributed by atoms with E-state index in [1.54, 1.807) is 0 Å². The Hall–Kier alpha value is -0.860. The van der Waals surface area contributed by atoms with Crippen LogP contribution < -0.4 is 5.32 Å². The first-order valence-corrected chi connectivity index (χ1v) is 6.28. The molecule has 0 bridgehead atoms. The lowest BCUT2D eigenvalue weighted by molar-refractivity contribution is 0.152. The quantitative estimate of drug-likeness (QED) is 0.814. The summed E-state index contributed by atoms with van der Waals surface area (Å²) in [6.07, 6.45) is 4.94. The summed E-state index contributed by atoms with van der Waals surface area (Å²) in [6, 6.07) is 11.0. The van der Waals surface area contributed by atoms with Crippen molar-refractivity contribution in [2.75, 3.05) is 6.61 Å². The minimum Gasteiger partial charge on any atom is -0.396 e. The van der Waals surface area contributed by atoms with Gasteiger partial charge in [-0.1, -0.05) is 43.2 Å². The van der Waals surface area contributed by atoms with Crippen LogP contribution in [0.1, 0.15) is 31.2 Å². The Morgan fingerprint density at radius 3 is 2.62 bits per heavy atom. The molecule has 88 valence electrons. The molecule has 1 fully saturated rings. The molecule has 0 saturated heterocycles. The van der Waals surface area contributed by atoms with E-state index in [0.717, 1.165) is 6.54 Å². The predicted molar refractivity (Wildman–Crippen MR) is 66.1 cm³/mol. The second kappa shape index (κ2) is 6.02. The van der Waals surface area contributed by atoms with Crippen molar-refractivity contribution in [2.45, 2.75) is 38.3 Å². The van der Waals surface area contributed by atoms with Gasteiger partial charge in [0.2, 0.25) is 0 Å². The normalized spacial score (nSPS) is 25.6. The molecule has 1 aliphatic carbocycles. The van der Waals surface area contributed by atoms with Crippen LogP contribution in [-0.4, -0.2) is 17.8 Å². The molecule has 0 spiro atoms. The van der Waals surface area contributed by atoms with E-state index in [9.17, 15) is 5.11 Å². The third kappa shape index (κ3) is 3.06. The highest BCUT2D eigenvalue weighted by molar-refractivity contribution is 5.14. The van der Waals surface area contributed by atoms with Gasteiger partial charge in [-0.15, -0.1) is 0 Å². The molecular weight excluding hydrogens is 198 g/mol. The van der Waals surface area contributed by atoms with Gasteiger partial charge in [0.15, 0.2) is 0 Å². The summed E-state index contributed by atoms with van der Waals surface area (Å²) < 4.78 is 0. The third-order valence-corrected chi connectivity index (χ3v) is 3.55. The van der Waals surface area contributed by atoms with Crippen molar-refractivity contribution < 1.29 is 5.11 Å². The maximum absolute atomic E-state index is 9.32. The van der Waals surface area contributed by atoms with Crippen LogP contribution in [0.25, 0.3) is 0 Å². The average Bonchev–Trinajstić information content (AvgIpc) is 2.38. The topological polar surface area (TPSA) is 32.3 Å². The predicted octanol–water partition coefficient (Wildman–Crippen LogP) is 2.33. The summed E-state index contributed by atoms with van der Waals surface area (Å²) >= 11 is 0. The molecule has 2 nitrogen and oxygen atoms in total. The molecule has 0 aromatic heterocycles. The van der Waals surface area contributed by atoms with Gasteiger partial charge in [-0.25, -0.2) is 0 Å². The van der Waals surface area contributed by atoms with Crippen molar-refractivity contribution in [2.24, 2.45) is 5.92 Å². The Morgan fingerprint density at radius 2 is 1.88 bits per heavy atom. The lowest BCUT2D eigenvalue weighted by atomic mass is 9.85.